The summed E-state index contributed by atoms with van der Waals surface area (Å²) in [6, 6.07) is 100. The molecule has 0 N–H and O–H groups in total. The van der Waals surface area contributed by atoms with Gasteiger partial charge in [0.2, 0.25) is 0 Å². The molecule has 79 heavy (non-hydrogen) atoms. The van der Waals surface area contributed by atoms with Gasteiger partial charge in [-0.05, 0) is 156 Å². The lowest BCUT2D eigenvalue weighted by atomic mass is 9.67. The van der Waals surface area contributed by atoms with Gasteiger partial charge in [0.25, 0.3) is 0 Å². The first-order valence-electron chi connectivity index (χ1n) is 27.5. The Morgan fingerprint density at radius 1 is 0.228 bits per heavy atom. The second kappa shape index (κ2) is 16.4. The fraction of sp³-hybridized carbons (Fsp3) is 0.0400. The molecule has 16 aromatic rings. The van der Waals surface area contributed by atoms with Crippen LogP contribution in [0.2, 0.25) is 0 Å². The third kappa shape index (κ3) is 6.08. The maximum Gasteiger partial charge on any atom is 0.0714 e. The van der Waals surface area contributed by atoms with Crippen molar-refractivity contribution in [2.75, 3.05) is 0 Å². The Bertz CT molecular complexity index is 4780. The molecule has 17 rings (SSSR count). The fourth-order valence-electron chi connectivity index (χ4n) is 14.2. The van der Waals surface area contributed by atoms with Crippen LogP contribution in [-0.4, -0.2) is 18.3 Å². The molecule has 0 radical (unpaired) electrons. The van der Waals surface area contributed by atoms with E-state index in [0.717, 1.165) is 22.7 Å². The topological polar surface area (TPSA) is 19.7 Å². The van der Waals surface area contributed by atoms with Gasteiger partial charge >= 0.3 is 0 Å². The molecule has 4 heterocycles. The molecule has 12 aromatic carbocycles. The maximum absolute atomic E-state index is 2.52. The Morgan fingerprint density at radius 2 is 0.481 bits per heavy atom. The maximum atomic E-state index is 2.52. The summed E-state index contributed by atoms with van der Waals surface area (Å²) in [7, 11) is 0. The zero-order valence-corrected chi connectivity index (χ0v) is 43.7. The Labute approximate surface area is 456 Å². The highest BCUT2D eigenvalue weighted by molar-refractivity contribution is 6.13. The highest BCUT2D eigenvalue weighted by atomic mass is 15.0. The van der Waals surface area contributed by atoms with Crippen molar-refractivity contribution >= 4 is 87.2 Å². The van der Waals surface area contributed by atoms with Gasteiger partial charge in [-0.3, -0.25) is 0 Å². The summed E-state index contributed by atoms with van der Waals surface area (Å²) >= 11 is 0. The molecule has 0 fully saturated rings. The van der Waals surface area contributed by atoms with E-state index in [-0.39, 0.29) is 0 Å². The van der Waals surface area contributed by atoms with Gasteiger partial charge in [-0.15, -0.1) is 0 Å². The Balaban J connectivity index is 0.858. The number of hydrogen-bond donors (Lipinski definition) is 0. The number of aryl methyl sites for hydroxylation is 2. The van der Waals surface area contributed by atoms with Crippen LogP contribution in [0.4, 0.5) is 0 Å². The first kappa shape index (κ1) is 44.0. The van der Waals surface area contributed by atoms with Crippen molar-refractivity contribution in [3.8, 4) is 33.9 Å². The summed E-state index contributed by atoms with van der Waals surface area (Å²) in [5, 5.41) is 9.99. The smallest absolute Gasteiger partial charge is 0.0714 e. The number of nitrogens with zero attached hydrogens (tertiary/aromatic N) is 4. The second-order valence-corrected chi connectivity index (χ2v) is 21.8. The van der Waals surface area contributed by atoms with Crippen LogP contribution in [0.25, 0.3) is 121 Å². The van der Waals surface area contributed by atoms with E-state index >= 15 is 0 Å². The number of rotatable bonds is 6. The Kier molecular flexibility index (Phi) is 9.15. The quantitative estimate of drug-likeness (QED) is 0.158. The van der Waals surface area contributed by atoms with Gasteiger partial charge in [-0.1, -0.05) is 169 Å². The molecular weight excluding hydrogens is 957 g/mol. The predicted molar refractivity (Wildman–Crippen MR) is 331 cm³/mol. The van der Waals surface area contributed by atoms with Crippen molar-refractivity contribution in [1.29, 1.82) is 0 Å². The largest absolute Gasteiger partial charge is 0.309 e. The van der Waals surface area contributed by atoms with Gasteiger partial charge in [-0.25, -0.2) is 0 Å². The van der Waals surface area contributed by atoms with Crippen LogP contribution >= 0.6 is 0 Å². The monoisotopic (exact) mass is 1010 g/mol. The third-order valence-electron chi connectivity index (χ3n) is 17.6. The SMILES string of the molecule is Cc1ccc2c(c1)C(c1ccc3c(c1)c1ccccc1n3-c1ccc(-n3c4ccccc4c4ccccc43)cc1)(c1ccc3c(c1)c1ccccc1n3-c1ccc(-n3c4ccccc4c4ccccc43)cc1)c1cc(C)ccc1-2. The zero-order chi connectivity index (χ0) is 52.1. The molecule has 0 unspecified atom stereocenters. The van der Waals surface area contributed by atoms with Gasteiger partial charge in [0.15, 0.2) is 0 Å². The number of benzene rings is 12. The van der Waals surface area contributed by atoms with Gasteiger partial charge in [0, 0.05) is 65.8 Å². The molecule has 4 aromatic heterocycles. The predicted octanol–water partition coefficient (Wildman–Crippen LogP) is 19.1. The molecule has 0 amide bonds. The Hall–Kier alpha value is -10.2. The summed E-state index contributed by atoms with van der Waals surface area (Å²) in [5.74, 6) is 0. The highest BCUT2D eigenvalue weighted by Gasteiger charge is 2.47. The van der Waals surface area contributed by atoms with E-state index in [9.17, 15) is 0 Å². The average molecular weight is 1010 g/mol. The first-order valence-corrected chi connectivity index (χ1v) is 27.5. The van der Waals surface area contributed by atoms with Crippen LogP contribution in [0.3, 0.4) is 0 Å². The summed E-state index contributed by atoms with van der Waals surface area (Å²) in [4.78, 5) is 0. The fourth-order valence-corrected chi connectivity index (χ4v) is 14.2. The minimum Gasteiger partial charge on any atom is -0.309 e. The molecular formula is C75H50N4. The van der Waals surface area contributed by atoms with Crippen molar-refractivity contribution in [2.24, 2.45) is 0 Å². The lowest BCUT2D eigenvalue weighted by Gasteiger charge is -2.34. The van der Waals surface area contributed by atoms with Crippen molar-refractivity contribution in [3.05, 3.63) is 300 Å². The zero-order valence-electron chi connectivity index (χ0n) is 43.7. The Morgan fingerprint density at radius 3 is 0.772 bits per heavy atom. The van der Waals surface area contributed by atoms with E-state index in [4.69, 9.17) is 0 Å². The van der Waals surface area contributed by atoms with E-state index in [2.05, 4.69) is 299 Å². The van der Waals surface area contributed by atoms with Crippen molar-refractivity contribution in [2.45, 2.75) is 19.3 Å². The molecule has 0 aliphatic heterocycles. The highest BCUT2D eigenvalue weighted by Crippen LogP contribution is 2.58. The molecule has 0 spiro atoms. The van der Waals surface area contributed by atoms with E-state index in [1.165, 1.54) is 132 Å². The first-order chi connectivity index (χ1) is 39.0. The van der Waals surface area contributed by atoms with E-state index in [1.54, 1.807) is 0 Å². The molecule has 370 valence electrons. The van der Waals surface area contributed by atoms with Crippen LogP contribution in [0.5, 0.6) is 0 Å². The van der Waals surface area contributed by atoms with Crippen LogP contribution in [0.15, 0.2) is 267 Å². The summed E-state index contributed by atoms with van der Waals surface area (Å²) in [5.41, 5.74) is 23.7. The van der Waals surface area contributed by atoms with Gasteiger partial charge in [0.05, 0.1) is 49.5 Å². The molecule has 1 aliphatic rings. The molecule has 4 heteroatoms. The number of hydrogen-bond acceptors (Lipinski definition) is 0. The van der Waals surface area contributed by atoms with E-state index in [1.807, 2.05) is 0 Å². The number of para-hydroxylation sites is 6. The second-order valence-electron chi connectivity index (χ2n) is 21.8. The summed E-state index contributed by atoms with van der Waals surface area (Å²) in [6.45, 7) is 4.48. The summed E-state index contributed by atoms with van der Waals surface area (Å²) in [6.07, 6.45) is 0. The van der Waals surface area contributed by atoms with Crippen molar-refractivity contribution < 1.29 is 0 Å². The molecule has 1 aliphatic carbocycles. The third-order valence-corrected chi connectivity index (χ3v) is 17.6. The van der Waals surface area contributed by atoms with Crippen molar-refractivity contribution in [1.82, 2.24) is 18.3 Å². The number of aromatic nitrogens is 4. The summed E-state index contributed by atoms with van der Waals surface area (Å²) < 4.78 is 9.70. The van der Waals surface area contributed by atoms with Crippen molar-refractivity contribution in [3.63, 3.8) is 0 Å². The van der Waals surface area contributed by atoms with E-state index < -0.39 is 5.41 Å². The minimum atomic E-state index is -0.634. The standard InChI is InChI=1S/C75H50N4/c1-47-27-39-55-56-40-28-48(2)44-66(56)75(65(55)43-47,49-29-41-73-63(45-49)61-19-7-13-25-71(61)78(73)53-35-31-51(32-36-53)76-67-21-9-3-15-57(67)58-16-4-10-22-68(58)76)50-30-42-74-64(46-50)62-20-8-14-26-72(62)79(74)54-37-33-52(34-38-54)77-69-23-11-5-17-59(69)60-18-6-12-24-70(60)77/h3-46H,1-2H3. The van der Waals surface area contributed by atoms with Gasteiger partial charge < -0.3 is 18.3 Å². The van der Waals surface area contributed by atoms with Crippen LogP contribution < -0.4 is 0 Å². The lowest BCUT2D eigenvalue weighted by molar-refractivity contribution is 0.769. The molecule has 0 atom stereocenters. The molecule has 0 saturated heterocycles. The molecule has 4 nitrogen and oxygen atoms in total. The minimum absolute atomic E-state index is 0.634. The van der Waals surface area contributed by atoms with Crippen LogP contribution in [-0.2, 0) is 5.41 Å². The average Bonchev–Trinajstić information content (AvgIpc) is 3.69. The van der Waals surface area contributed by atoms with E-state index in [0.29, 0.717) is 0 Å². The van der Waals surface area contributed by atoms with Gasteiger partial charge in [-0.2, -0.15) is 0 Å². The molecule has 0 saturated carbocycles. The van der Waals surface area contributed by atoms with Gasteiger partial charge in [0.1, 0.15) is 0 Å². The molecule has 0 bridgehead atoms. The van der Waals surface area contributed by atoms with Crippen LogP contribution in [0.1, 0.15) is 33.4 Å². The lowest BCUT2D eigenvalue weighted by Crippen LogP contribution is -2.28. The normalized spacial score (nSPS) is 13.0. The number of fused-ring (bicyclic) bond motifs is 15. The van der Waals surface area contributed by atoms with Crippen LogP contribution in [0, 0.1) is 13.8 Å².